The molecule has 2 heterocycles. The molecule has 1 aromatic heterocycles. The topological polar surface area (TPSA) is 65.7 Å². The molecule has 1 aromatic carbocycles. The van der Waals surface area contributed by atoms with Crippen LogP contribution in [0.2, 0.25) is 0 Å². The predicted octanol–water partition coefficient (Wildman–Crippen LogP) is 1.49. The first-order valence-electron chi connectivity index (χ1n) is 7.92. The van der Waals surface area contributed by atoms with Crippen molar-refractivity contribution in [3.63, 3.8) is 0 Å². The van der Waals surface area contributed by atoms with Crippen LogP contribution in [0.4, 0.5) is 0 Å². The van der Waals surface area contributed by atoms with E-state index in [1.807, 2.05) is 6.07 Å². The van der Waals surface area contributed by atoms with Crippen LogP contribution in [0.5, 0.6) is 5.75 Å². The third-order valence-corrected chi connectivity index (χ3v) is 4.25. The van der Waals surface area contributed by atoms with Gasteiger partial charge in [0, 0.05) is 37.9 Å². The minimum atomic E-state index is -0.544. The molecule has 1 atom stereocenters. The molecule has 0 saturated carbocycles. The van der Waals surface area contributed by atoms with Gasteiger partial charge in [-0.15, -0.1) is 0 Å². The fourth-order valence-corrected chi connectivity index (χ4v) is 3.11. The number of fused-ring (bicyclic) bond motifs is 1. The van der Waals surface area contributed by atoms with E-state index in [1.54, 1.807) is 11.5 Å². The third-order valence-electron chi connectivity index (χ3n) is 4.25. The summed E-state index contributed by atoms with van der Waals surface area (Å²) in [5, 5.41) is 19.3. The summed E-state index contributed by atoms with van der Waals surface area (Å²) in [5.41, 5.74) is 3.14. The van der Waals surface area contributed by atoms with E-state index in [4.69, 9.17) is 0 Å². The molecular formula is C18H22N2O3. The Balaban J connectivity index is 1.83. The lowest BCUT2D eigenvalue weighted by molar-refractivity contribution is 0.167. The number of nitrogens with zero attached hydrogens (tertiary/aromatic N) is 2. The standard InChI is InChI=1S/C18H22N2O3/c1-13(21)9-20-12-18(23)17(22)8-16(20)11-19-7-6-14-4-2-3-5-15(14)10-19/h2-5,8,12-13,21,23H,6-7,9-11H2,1H3. The largest absolute Gasteiger partial charge is 0.503 e. The van der Waals surface area contributed by atoms with Crippen LogP contribution < -0.4 is 5.43 Å². The molecule has 0 saturated heterocycles. The zero-order valence-corrected chi connectivity index (χ0v) is 13.3. The van der Waals surface area contributed by atoms with E-state index in [1.165, 1.54) is 23.4 Å². The lowest BCUT2D eigenvalue weighted by atomic mass is 10.00. The van der Waals surface area contributed by atoms with Crippen molar-refractivity contribution >= 4 is 0 Å². The van der Waals surface area contributed by atoms with Gasteiger partial charge in [0.1, 0.15) is 0 Å². The summed E-state index contributed by atoms with van der Waals surface area (Å²) in [6.45, 7) is 4.45. The van der Waals surface area contributed by atoms with Crippen molar-refractivity contribution in [3.05, 3.63) is 63.6 Å². The van der Waals surface area contributed by atoms with E-state index in [9.17, 15) is 15.0 Å². The van der Waals surface area contributed by atoms with Gasteiger partial charge in [-0.3, -0.25) is 9.69 Å². The number of aliphatic hydroxyl groups excluding tert-OH is 1. The van der Waals surface area contributed by atoms with Crippen molar-refractivity contribution in [2.24, 2.45) is 0 Å². The van der Waals surface area contributed by atoms with E-state index in [-0.39, 0.29) is 11.2 Å². The number of aromatic nitrogens is 1. The van der Waals surface area contributed by atoms with Gasteiger partial charge < -0.3 is 14.8 Å². The van der Waals surface area contributed by atoms with Gasteiger partial charge in [0.05, 0.1) is 12.3 Å². The number of hydrogen-bond acceptors (Lipinski definition) is 4. The number of benzene rings is 1. The Morgan fingerprint density at radius 1 is 1.26 bits per heavy atom. The zero-order chi connectivity index (χ0) is 16.4. The lowest BCUT2D eigenvalue weighted by Gasteiger charge is -2.29. The number of hydrogen-bond donors (Lipinski definition) is 2. The van der Waals surface area contributed by atoms with E-state index >= 15 is 0 Å². The van der Waals surface area contributed by atoms with Crippen LogP contribution in [-0.2, 0) is 26.1 Å². The molecule has 0 bridgehead atoms. The molecule has 0 spiro atoms. The molecule has 1 aliphatic rings. The summed E-state index contributed by atoms with van der Waals surface area (Å²) in [6.07, 6.45) is 1.87. The summed E-state index contributed by atoms with van der Waals surface area (Å²) < 4.78 is 1.77. The minimum absolute atomic E-state index is 0.279. The summed E-state index contributed by atoms with van der Waals surface area (Å²) in [5.74, 6) is -0.279. The molecule has 122 valence electrons. The van der Waals surface area contributed by atoms with Crippen molar-refractivity contribution < 1.29 is 10.2 Å². The number of aromatic hydroxyl groups is 1. The molecule has 0 amide bonds. The maximum atomic E-state index is 11.8. The Bertz CT molecular complexity index is 752. The van der Waals surface area contributed by atoms with Crippen LogP contribution in [-0.4, -0.2) is 32.3 Å². The first-order chi connectivity index (χ1) is 11.0. The molecule has 1 aliphatic heterocycles. The Morgan fingerprint density at radius 3 is 2.74 bits per heavy atom. The molecule has 0 fully saturated rings. The van der Waals surface area contributed by atoms with Gasteiger partial charge in [0.2, 0.25) is 5.43 Å². The predicted molar refractivity (Wildman–Crippen MR) is 88.3 cm³/mol. The number of aliphatic hydroxyl groups is 1. The lowest BCUT2D eigenvalue weighted by Crippen LogP contribution is -2.32. The maximum Gasteiger partial charge on any atom is 0.223 e. The minimum Gasteiger partial charge on any atom is -0.503 e. The molecule has 23 heavy (non-hydrogen) atoms. The Hall–Kier alpha value is -2.11. The quantitative estimate of drug-likeness (QED) is 0.897. The van der Waals surface area contributed by atoms with Crippen molar-refractivity contribution in [2.45, 2.75) is 39.1 Å². The van der Waals surface area contributed by atoms with Crippen molar-refractivity contribution in [1.29, 1.82) is 0 Å². The molecule has 5 heteroatoms. The first-order valence-corrected chi connectivity index (χ1v) is 7.92. The van der Waals surface area contributed by atoms with Crippen LogP contribution in [0.25, 0.3) is 0 Å². The van der Waals surface area contributed by atoms with Gasteiger partial charge in [-0.2, -0.15) is 0 Å². The summed E-state index contributed by atoms with van der Waals surface area (Å²) in [4.78, 5) is 14.1. The SMILES string of the molecule is CC(O)Cn1cc(O)c(=O)cc1CN1CCc2ccccc2C1. The van der Waals surface area contributed by atoms with Gasteiger partial charge in [-0.05, 0) is 24.5 Å². The normalized spacial score (nSPS) is 16.1. The Morgan fingerprint density at radius 2 is 2.00 bits per heavy atom. The monoisotopic (exact) mass is 314 g/mol. The first kappa shape index (κ1) is 15.8. The second-order valence-electron chi connectivity index (χ2n) is 6.25. The molecule has 3 rings (SSSR count). The Kier molecular flexibility index (Phi) is 4.50. The van der Waals surface area contributed by atoms with E-state index in [0.717, 1.165) is 25.2 Å². The van der Waals surface area contributed by atoms with Crippen molar-refractivity contribution in [1.82, 2.24) is 9.47 Å². The van der Waals surface area contributed by atoms with Crippen LogP contribution in [0.1, 0.15) is 23.7 Å². The molecule has 2 aromatic rings. The summed E-state index contributed by atoms with van der Waals surface area (Å²) in [6, 6.07) is 9.89. The molecular weight excluding hydrogens is 292 g/mol. The summed E-state index contributed by atoms with van der Waals surface area (Å²) >= 11 is 0. The van der Waals surface area contributed by atoms with E-state index in [2.05, 4.69) is 23.1 Å². The second kappa shape index (κ2) is 6.56. The van der Waals surface area contributed by atoms with E-state index in [0.29, 0.717) is 13.1 Å². The van der Waals surface area contributed by atoms with E-state index < -0.39 is 6.10 Å². The van der Waals surface area contributed by atoms with Gasteiger partial charge in [-0.25, -0.2) is 0 Å². The summed E-state index contributed by atoms with van der Waals surface area (Å²) in [7, 11) is 0. The molecule has 1 unspecified atom stereocenters. The smallest absolute Gasteiger partial charge is 0.223 e. The average Bonchev–Trinajstić information content (AvgIpc) is 2.51. The van der Waals surface area contributed by atoms with Gasteiger partial charge in [0.15, 0.2) is 5.75 Å². The van der Waals surface area contributed by atoms with Crippen molar-refractivity contribution in [3.8, 4) is 5.75 Å². The second-order valence-corrected chi connectivity index (χ2v) is 6.25. The molecule has 2 N–H and O–H groups in total. The highest BCUT2D eigenvalue weighted by Gasteiger charge is 2.18. The highest BCUT2D eigenvalue weighted by Crippen LogP contribution is 2.20. The van der Waals surface area contributed by atoms with Crippen LogP contribution >= 0.6 is 0 Å². The maximum absolute atomic E-state index is 11.8. The highest BCUT2D eigenvalue weighted by molar-refractivity contribution is 5.29. The number of rotatable bonds is 4. The average molecular weight is 314 g/mol. The van der Waals surface area contributed by atoms with Gasteiger partial charge >= 0.3 is 0 Å². The van der Waals surface area contributed by atoms with Gasteiger partial charge in [-0.1, -0.05) is 24.3 Å². The number of pyridine rings is 1. The van der Waals surface area contributed by atoms with Crippen LogP contribution in [0.15, 0.2) is 41.3 Å². The fraction of sp³-hybridized carbons (Fsp3) is 0.389. The zero-order valence-electron chi connectivity index (χ0n) is 13.3. The highest BCUT2D eigenvalue weighted by atomic mass is 16.3. The van der Waals surface area contributed by atoms with Crippen LogP contribution in [0.3, 0.4) is 0 Å². The molecule has 0 radical (unpaired) electrons. The third kappa shape index (κ3) is 3.63. The molecule has 0 aliphatic carbocycles. The van der Waals surface area contributed by atoms with Crippen molar-refractivity contribution in [2.75, 3.05) is 6.54 Å². The van der Waals surface area contributed by atoms with Gasteiger partial charge in [0.25, 0.3) is 0 Å². The van der Waals surface area contributed by atoms with Crippen LogP contribution in [0, 0.1) is 0 Å². The Labute approximate surface area is 135 Å². The molecule has 5 nitrogen and oxygen atoms in total. The fourth-order valence-electron chi connectivity index (χ4n) is 3.11.